The number of anilines is 1. The number of urea groups is 1. The molecule has 0 aromatic heterocycles. The summed E-state index contributed by atoms with van der Waals surface area (Å²) < 4.78 is 5.05. The highest BCUT2D eigenvalue weighted by molar-refractivity contribution is 6.10. The summed E-state index contributed by atoms with van der Waals surface area (Å²) in [5.74, 6) is 0.438. The fourth-order valence-corrected chi connectivity index (χ4v) is 3.85. The van der Waals surface area contributed by atoms with Crippen LogP contribution in [0.4, 0.5) is 10.5 Å². The minimum atomic E-state index is -0.552. The number of guanidine groups is 1. The minimum absolute atomic E-state index is 0.231. The number of allylic oxidation sites excluding steroid dienone is 1. The molecule has 1 aromatic rings. The van der Waals surface area contributed by atoms with Crippen LogP contribution >= 0.6 is 0 Å². The number of ether oxygens (including phenoxy) is 1. The fourth-order valence-electron chi connectivity index (χ4n) is 3.85. The number of fused-ring (bicyclic) bond motifs is 3. The molecule has 8 nitrogen and oxygen atoms in total. The van der Waals surface area contributed by atoms with Crippen molar-refractivity contribution in [2.75, 3.05) is 32.2 Å². The van der Waals surface area contributed by atoms with E-state index in [1.165, 1.54) is 9.80 Å². The lowest BCUT2D eigenvalue weighted by Gasteiger charge is -2.40. The van der Waals surface area contributed by atoms with Crippen molar-refractivity contribution < 1.29 is 14.3 Å². The number of rotatable bonds is 4. The van der Waals surface area contributed by atoms with Crippen molar-refractivity contribution in [1.29, 1.82) is 0 Å². The molecular weight excluding hydrogens is 346 g/mol. The van der Waals surface area contributed by atoms with Crippen LogP contribution in [-0.2, 0) is 9.53 Å². The van der Waals surface area contributed by atoms with Crippen LogP contribution in [0.3, 0.4) is 0 Å². The zero-order valence-electron chi connectivity index (χ0n) is 15.9. The van der Waals surface area contributed by atoms with Gasteiger partial charge in [0.1, 0.15) is 0 Å². The van der Waals surface area contributed by atoms with Gasteiger partial charge in [-0.15, -0.1) is 0 Å². The third kappa shape index (κ3) is 2.51. The van der Waals surface area contributed by atoms with Crippen LogP contribution in [0, 0.1) is 6.92 Å². The molecule has 2 unspecified atom stereocenters. The summed E-state index contributed by atoms with van der Waals surface area (Å²) in [6.45, 7) is 4.57. The molecule has 0 bridgehead atoms. The third-order valence-corrected chi connectivity index (χ3v) is 5.26. The van der Waals surface area contributed by atoms with Crippen LogP contribution in [0.25, 0.3) is 0 Å². The number of methoxy groups -OCH3 is 1. The average molecular weight is 369 g/mol. The Labute approximate surface area is 158 Å². The largest absolute Gasteiger partial charge is 0.383 e. The molecule has 0 radical (unpaired) electrons. The lowest BCUT2D eigenvalue weighted by Crippen LogP contribution is -2.64. The van der Waals surface area contributed by atoms with E-state index in [0.717, 1.165) is 16.9 Å². The highest BCUT2D eigenvalue weighted by atomic mass is 16.5. The van der Waals surface area contributed by atoms with Crippen molar-refractivity contribution in [2.45, 2.75) is 26.1 Å². The van der Waals surface area contributed by atoms with Crippen LogP contribution in [-0.4, -0.2) is 72.1 Å². The Hall–Kier alpha value is -2.87. The van der Waals surface area contributed by atoms with Crippen molar-refractivity contribution in [2.24, 2.45) is 4.99 Å². The second-order valence-electron chi connectivity index (χ2n) is 6.96. The molecule has 3 heterocycles. The SMILES string of the molecule is COCCN1C(=O)C2C(N=C3N(c4ccccc4C)C(C)=CN32)N(C)C1=O. The van der Waals surface area contributed by atoms with Crippen molar-refractivity contribution in [1.82, 2.24) is 14.7 Å². The Morgan fingerprint density at radius 1 is 1.19 bits per heavy atom. The number of hydrogen-bond acceptors (Lipinski definition) is 6. The Morgan fingerprint density at radius 3 is 2.63 bits per heavy atom. The first-order valence-corrected chi connectivity index (χ1v) is 8.93. The highest BCUT2D eigenvalue weighted by Gasteiger charge is 2.54. The molecule has 1 saturated heterocycles. The summed E-state index contributed by atoms with van der Waals surface area (Å²) in [5.41, 5.74) is 3.11. The number of aryl methyl sites for hydroxylation is 1. The molecule has 8 heteroatoms. The molecule has 27 heavy (non-hydrogen) atoms. The maximum absolute atomic E-state index is 13.1. The van der Waals surface area contributed by atoms with Crippen molar-refractivity contribution in [3.05, 3.63) is 41.7 Å². The molecule has 1 fully saturated rings. The number of benzene rings is 1. The van der Waals surface area contributed by atoms with E-state index in [2.05, 4.69) is 0 Å². The summed E-state index contributed by atoms with van der Waals surface area (Å²) >= 11 is 0. The lowest BCUT2D eigenvalue weighted by molar-refractivity contribution is -0.137. The number of aliphatic imine (C=N–C) groups is 1. The standard InChI is InChI=1S/C19H23N5O3/c1-12-7-5-6-8-14(12)24-13(2)11-23-15-16(20-18(23)24)21(3)19(26)22(17(15)25)9-10-27-4/h5-8,11,15-16H,9-10H2,1-4H3. The van der Waals surface area contributed by atoms with Gasteiger partial charge in [-0.05, 0) is 25.5 Å². The topological polar surface area (TPSA) is 68.7 Å². The van der Waals surface area contributed by atoms with Gasteiger partial charge in [0.2, 0.25) is 5.96 Å². The summed E-state index contributed by atoms with van der Waals surface area (Å²) in [6.07, 6.45) is 1.40. The molecule has 3 amide bonds. The maximum Gasteiger partial charge on any atom is 0.328 e. The lowest BCUT2D eigenvalue weighted by atomic mass is 10.1. The number of nitrogens with zero attached hydrogens (tertiary/aromatic N) is 5. The van der Waals surface area contributed by atoms with Crippen LogP contribution < -0.4 is 4.90 Å². The molecule has 142 valence electrons. The number of amides is 3. The molecule has 4 rings (SSSR count). The predicted molar refractivity (Wildman–Crippen MR) is 101 cm³/mol. The van der Waals surface area contributed by atoms with Crippen LogP contribution in [0.5, 0.6) is 0 Å². The molecule has 0 spiro atoms. The molecule has 0 aliphatic carbocycles. The van der Waals surface area contributed by atoms with E-state index in [4.69, 9.17) is 9.73 Å². The zero-order valence-corrected chi connectivity index (χ0v) is 15.9. The van der Waals surface area contributed by atoms with E-state index in [1.54, 1.807) is 14.2 Å². The van der Waals surface area contributed by atoms with Crippen LogP contribution in [0.2, 0.25) is 0 Å². The van der Waals surface area contributed by atoms with Crippen LogP contribution in [0.15, 0.2) is 41.2 Å². The quantitative estimate of drug-likeness (QED) is 0.806. The maximum atomic E-state index is 13.1. The molecule has 0 saturated carbocycles. The van der Waals surface area contributed by atoms with E-state index in [1.807, 2.05) is 54.1 Å². The van der Waals surface area contributed by atoms with E-state index < -0.39 is 12.2 Å². The molecule has 3 aliphatic rings. The Morgan fingerprint density at radius 2 is 1.93 bits per heavy atom. The number of carbonyl (C=O) groups excluding carboxylic acids is 2. The van der Waals surface area contributed by atoms with Gasteiger partial charge in [-0.3, -0.25) is 14.6 Å². The van der Waals surface area contributed by atoms with Gasteiger partial charge in [0, 0.05) is 26.1 Å². The summed E-state index contributed by atoms with van der Waals surface area (Å²) in [4.78, 5) is 37.2. The van der Waals surface area contributed by atoms with Crippen molar-refractivity contribution >= 4 is 23.6 Å². The van der Waals surface area contributed by atoms with Gasteiger partial charge in [0.05, 0.1) is 18.8 Å². The first-order valence-electron chi connectivity index (χ1n) is 8.93. The number of carbonyl (C=O) groups is 2. The van der Waals surface area contributed by atoms with Gasteiger partial charge in [-0.1, -0.05) is 18.2 Å². The van der Waals surface area contributed by atoms with Gasteiger partial charge in [-0.25, -0.2) is 9.79 Å². The van der Waals surface area contributed by atoms with Crippen molar-refractivity contribution in [3.8, 4) is 0 Å². The summed E-state index contributed by atoms with van der Waals surface area (Å²) in [6, 6.07) is 7.15. The number of imide groups is 1. The summed E-state index contributed by atoms with van der Waals surface area (Å²) in [7, 11) is 3.24. The highest BCUT2D eigenvalue weighted by Crippen LogP contribution is 2.37. The summed E-state index contributed by atoms with van der Waals surface area (Å²) in [5, 5.41) is 0. The number of likely N-dealkylation sites (N-methyl/N-ethyl adjacent to an activating group) is 1. The monoisotopic (exact) mass is 369 g/mol. The third-order valence-electron chi connectivity index (χ3n) is 5.26. The Balaban J connectivity index is 1.71. The van der Waals surface area contributed by atoms with E-state index >= 15 is 0 Å². The van der Waals surface area contributed by atoms with Gasteiger partial charge in [0.25, 0.3) is 5.91 Å². The number of hydrogen-bond donors (Lipinski definition) is 0. The average Bonchev–Trinajstić information content (AvgIpc) is 3.15. The van der Waals surface area contributed by atoms with E-state index in [-0.39, 0.29) is 18.5 Å². The first kappa shape index (κ1) is 17.5. The van der Waals surface area contributed by atoms with Gasteiger partial charge < -0.3 is 14.5 Å². The molecule has 2 atom stereocenters. The Bertz CT molecular complexity index is 865. The Kier molecular flexibility index (Phi) is 4.15. The predicted octanol–water partition coefficient (Wildman–Crippen LogP) is 1.58. The minimum Gasteiger partial charge on any atom is -0.383 e. The first-order chi connectivity index (χ1) is 13.0. The normalized spacial score (nSPS) is 24.3. The smallest absolute Gasteiger partial charge is 0.328 e. The van der Waals surface area contributed by atoms with E-state index in [0.29, 0.717) is 12.6 Å². The molecular formula is C19H23N5O3. The molecule has 3 aliphatic heterocycles. The molecule has 1 aromatic carbocycles. The fraction of sp³-hybridized carbons (Fsp3) is 0.421. The zero-order chi connectivity index (χ0) is 19.3. The van der Waals surface area contributed by atoms with Gasteiger partial charge in [0.15, 0.2) is 12.2 Å². The van der Waals surface area contributed by atoms with E-state index in [9.17, 15) is 9.59 Å². The second kappa shape index (κ2) is 6.38. The van der Waals surface area contributed by atoms with Gasteiger partial charge in [-0.2, -0.15) is 0 Å². The van der Waals surface area contributed by atoms with Gasteiger partial charge >= 0.3 is 6.03 Å². The second-order valence-corrected chi connectivity index (χ2v) is 6.96. The number of para-hydroxylation sites is 1. The molecule has 0 N–H and O–H groups in total. The van der Waals surface area contributed by atoms with Crippen LogP contribution in [0.1, 0.15) is 12.5 Å². The van der Waals surface area contributed by atoms with Crippen molar-refractivity contribution in [3.63, 3.8) is 0 Å².